The van der Waals surface area contributed by atoms with E-state index in [9.17, 15) is 23.3 Å². The van der Waals surface area contributed by atoms with E-state index >= 15 is 0 Å². The normalized spacial score (nSPS) is 19.7. The Morgan fingerprint density at radius 1 is 1.45 bits per heavy atom. The molecular weight excluding hydrogens is 288 g/mol. The third-order valence-electron chi connectivity index (χ3n) is 2.71. The topological polar surface area (TPSA) is 127 Å². The summed E-state index contributed by atoms with van der Waals surface area (Å²) < 4.78 is 22.5. The van der Waals surface area contributed by atoms with Crippen LogP contribution in [0.3, 0.4) is 0 Å². The molecule has 2 N–H and O–H groups in total. The molecule has 8 nitrogen and oxygen atoms in total. The standard InChI is InChI=1S/C11H10N2O6S/c14-11(15)9-5-7(1-2-10(9)13(16)17)12-8-3-4-20(18,19)6-8/h1-5,8,12H,6H2,(H,14,15). The minimum atomic E-state index is -3.23. The van der Waals surface area contributed by atoms with Crippen LogP contribution in [0, 0.1) is 10.1 Å². The molecule has 1 atom stereocenters. The van der Waals surface area contributed by atoms with Crippen molar-refractivity contribution in [1.29, 1.82) is 0 Å². The van der Waals surface area contributed by atoms with E-state index in [1.165, 1.54) is 12.1 Å². The lowest BCUT2D eigenvalue weighted by atomic mass is 10.1. The number of carboxylic acid groups (broad SMARTS) is 1. The number of nitrogens with zero attached hydrogens (tertiary/aromatic N) is 1. The molecule has 106 valence electrons. The van der Waals surface area contributed by atoms with Gasteiger partial charge in [0.2, 0.25) is 0 Å². The fraction of sp³-hybridized carbons (Fsp3) is 0.182. The number of carbonyl (C=O) groups is 1. The minimum absolute atomic E-state index is 0.133. The third kappa shape index (κ3) is 2.94. The van der Waals surface area contributed by atoms with Crippen LogP contribution >= 0.6 is 0 Å². The van der Waals surface area contributed by atoms with Gasteiger partial charge in [-0.2, -0.15) is 0 Å². The highest BCUT2D eigenvalue weighted by molar-refractivity contribution is 7.94. The number of anilines is 1. The molecule has 0 amide bonds. The van der Waals surface area contributed by atoms with E-state index < -0.39 is 38.0 Å². The molecule has 1 unspecified atom stereocenters. The molecule has 0 aromatic heterocycles. The summed E-state index contributed by atoms with van der Waals surface area (Å²) in [5, 5.41) is 23.5. The fourth-order valence-corrected chi connectivity index (χ4v) is 3.07. The molecule has 1 aliphatic rings. The van der Waals surface area contributed by atoms with Crippen LogP contribution in [0.1, 0.15) is 10.4 Å². The van der Waals surface area contributed by atoms with Gasteiger partial charge in [-0.15, -0.1) is 0 Å². The Kier molecular flexibility index (Phi) is 3.45. The van der Waals surface area contributed by atoms with Crippen LogP contribution in [-0.2, 0) is 9.84 Å². The smallest absolute Gasteiger partial charge is 0.342 e. The van der Waals surface area contributed by atoms with Gasteiger partial charge in [0.25, 0.3) is 5.69 Å². The molecule has 0 saturated carbocycles. The van der Waals surface area contributed by atoms with Gasteiger partial charge in [-0.25, -0.2) is 13.2 Å². The van der Waals surface area contributed by atoms with Crippen LogP contribution in [-0.4, -0.2) is 36.2 Å². The van der Waals surface area contributed by atoms with Gasteiger partial charge >= 0.3 is 5.97 Å². The number of hydrogen-bond donors (Lipinski definition) is 2. The molecule has 1 heterocycles. The van der Waals surface area contributed by atoms with Crippen molar-refractivity contribution in [2.24, 2.45) is 0 Å². The fourth-order valence-electron chi connectivity index (χ4n) is 1.84. The molecule has 0 spiro atoms. The monoisotopic (exact) mass is 298 g/mol. The van der Waals surface area contributed by atoms with E-state index in [-0.39, 0.29) is 5.75 Å². The molecule has 9 heteroatoms. The number of rotatable bonds is 4. The van der Waals surface area contributed by atoms with E-state index in [2.05, 4.69) is 5.32 Å². The van der Waals surface area contributed by atoms with Crippen LogP contribution in [0.5, 0.6) is 0 Å². The Labute approximate surface area is 113 Å². The van der Waals surface area contributed by atoms with Gasteiger partial charge < -0.3 is 10.4 Å². The number of nitrogens with one attached hydrogen (secondary N) is 1. The Morgan fingerprint density at radius 2 is 2.15 bits per heavy atom. The molecule has 20 heavy (non-hydrogen) atoms. The van der Waals surface area contributed by atoms with Gasteiger partial charge in [0.05, 0.1) is 16.7 Å². The highest BCUT2D eigenvalue weighted by atomic mass is 32.2. The second-order valence-electron chi connectivity index (χ2n) is 4.20. The number of aromatic carboxylic acids is 1. The Balaban J connectivity index is 2.27. The molecule has 2 rings (SSSR count). The average molecular weight is 298 g/mol. The van der Waals surface area contributed by atoms with Crippen LogP contribution in [0.2, 0.25) is 0 Å². The van der Waals surface area contributed by atoms with E-state index in [0.29, 0.717) is 5.69 Å². The first-order valence-corrected chi connectivity index (χ1v) is 7.19. The number of nitro benzene ring substituents is 1. The van der Waals surface area contributed by atoms with Gasteiger partial charge in [0.1, 0.15) is 5.56 Å². The zero-order chi connectivity index (χ0) is 14.9. The maximum atomic E-state index is 11.2. The summed E-state index contributed by atoms with van der Waals surface area (Å²) >= 11 is 0. The molecule has 1 aliphatic heterocycles. The maximum Gasteiger partial charge on any atom is 0.342 e. The maximum absolute atomic E-state index is 11.2. The summed E-state index contributed by atoms with van der Waals surface area (Å²) in [6.07, 6.45) is 1.44. The molecule has 0 fully saturated rings. The molecular formula is C11H10N2O6S. The number of hydrogen-bond acceptors (Lipinski definition) is 6. The SMILES string of the molecule is O=C(O)c1cc(NC2C=CS(=O)(=O)C2)ccc1[N+](=O)[O-]. The highest BCUT2D eigenvalue weighted by Gasteiger charge is 2.24. The van der Waals surface area contributed by atoms with Crippen molar-refractivity contribution in [3.63, 3.8) is 0 Å². The predicted molar refractivity (Wildman–Crippen MR) is 70.4 cm³/mol. The first-order chi connectivity index (χ1) is 9.28. The minimum Gasteiger partial charge on any atom is -0.477 e. The lowest BCUT2D eigenvalue weighted by Gasteiger charge is -2.12. The van der Waals surface area contributed by atoms with E-state index in [0.717, 1.165) is 17.5 Å². The molecule has 0 saturated heterocycles. The van der Waals surface area contributed by atoms with Gasteiger partial charge in [0.15, 0.2) is 9.84 Å². The first-order valence-electron chi connectivity index (χ1n) is 5.48. The molecule has 1 aromatic rings. The zero-order valence-electron chi connectivity index (χ0n) is 10.0. The summed E-state index contributed by atoms with van der Waals surface area (Å²) in [4.78, 5) is 20.9. The summed E-state index contributed by atoms with van der Waals surface area (Å²) in [7, 11) is -3.23. The van der Waals surface area contributed by atoms with Crippen LogP contribution in [0.4, 0.5) is 11.4 Å². The van der Waals surface area contributed by atoms with E-state index in [1.54, 1.807) is 0 Å². The Hall–Kier alpha value is -2.42. The number of carboxylic acids is 1. The van der Waals surface area contributed by atoms with Gasteiger partial charge in [-0.1, -0.05) is 6.08 Å². The van der Waals surface area contributed by atoms with Gasteiger partial charge in [0, 0.05) is 17.2 Å². The van der Waals surface area contributed by atoms with Crippen molar-refractivity contribution >= 4 is 27.2 Å². The summed E-state index contributed by atoms with van der Waals surface area (Å²) in [5.74, 6) is -1.55. The van der Waals surface area contributed by atoms with Gasteiger partial charge in [-0.05, 0) is 12.1 Å². The lowest BCUT2D eigenvalue weighted by molar-refractivity contribution is -0.385. The first kappa shape index (κ1) is 14.0. The second-order valence-corrected chi connectivity index (χ2v) is 6.13. The van der Waals surface area contributed by atoms with Crippen molar-refractivity contribution in [1.82, 2.24) is 0 Å². The van der Waals surface area contributed by atoms with Gasteiger partial charge in [-0.3, -0.25) is 10.1 Å². The number of nitro groups is 1. The van der Waals surface area contributed by atoms with E-state index in [1.807, 2.05) is 0 Å². The lowest BCUT2D eigenvalue weighted by Crippen LogP contribution is -2.21. The van der Waals surface area contributed by atoms with Crippen molar-refractivity contribution in [2.45, 2.75) is 6.04 Å². The zero-order valence-corrected chi connectivity index (χ0v) is 10.8. The van der Waals surface area contributed by atoms with Crippen LogP contribution in [0.25, 0.3) is 0 Å². The quantitative estimate of drug-likeness (QED) is 0.627. The summed E-state index contributed by atoms with van der Waals surface area (Å²) in [6.45, 7) is 0. The highest BCUT2D eigenvalue weighted by Crippen LogP contribution is 2.24. The summed E-state index contributed by atoms with van der Waals surface area (Å²) in [5.41, 5.74) is -0.665. The van der Waals surface area contributed by atoms with Crippen molar-refractivity contribution in [2.75, 3.05) is 11.1 Å². The Bertz CT molecular complexity index is 710. The van der Waals surface area contributed by atoms with E-state index in [4.69, 9.17) is 5.11 Å². The molecule has 0 bridgehead atoms. The summed E-state index contributed by atoms with van der Waals surface area (Å²) in [6, 6.07) is 3.03. The van der Waals surface area contributed by atoms with Crippen molar-refractivity contribution in [3.8, 4) is 0 Å². The van der Waals surface area contributed by atoms with Crippen molar-refractivity contribution < 1.29 is 23.2 Å². The largest absolute Gasteiger partial charge is 0.477 e. The van der Waals surface area contributed by atoms with Crippen molar-refractivity contribution in [3.05, 3.63) is 45.4 Å². The Morgan fingerprint density at radius 3 is 2.65 bits per heavy atom. The second kappa shape index (κ2) is 4.93. The number of sulfone groups is 1. The van der Waals surface area contributed by atoms with Crippen LogP contribution in [0.15, 0.2) is 29.7 Å². The molecule has 0 radical (unpaired) electrons. The number of benzene rings is 1. The molecule has 0 aliphatic carbocycles. The molecule has 1 aromatic carbocycles. The third-order valence-corrected chi connectivity index (χ3v) is 4.10. The predicted octanol–water partition coefficient (Wildman–Crippen LogP) is 1.02. The van der Waals surface area contributed by atoms with Crippen LogP contribution < -0.4 is 5.32 Å². The average Bonchev–Trinajstić information content (AvgIpc) is 2.68.